The Morgan fingerprint density at radius 3 is 1.63 bits per heavy atom. The van der Waals surface area contributed by atoms with Crippen LogP contribution in [0.4, 0.5) is 9.59 Å². The lowest BCUT2D eigenvalue weighted by Gasteiger charge is -2.19. The molecule has 0 radical (unpaired) electrons. The van der Waals surface area contributed by atoms with Crippen molar-refractivity contribution < 1.29 is 76.0 Å². The Bertz CT molecular complexity index is 1520. The molecule has 3 atom stereocenters. The molecule has 0 saturated carbocycles. The largest absolute Gasteiger partial charge is 0.444 e. The van der Waals surface area contributed by atoms with Crippen LogP contribution in [0.3, 0.4) is 0 Å². The van der Waals surface area contributed by atoms with Gasteiger partial charge in [-0.25, -0.2) is 14.3 Å². The molecule has 0 unspecified atom stereocenters. The molecule has 2 aliphatic heterocycles. The third kappa shape index (κ3) is 33.2. The first-order valence-electron chi connectivity index (χ1n) is 24.5. The van der Waals surface area contributed by atoms with Crippen LogP contribution in [0.5, 0.6) is 0 Å². The topological polar surface area (TPSA) is 270 Å². The highest BCUT2D eigenvalue weighted by Gasteiger charge is 2.42. The van der Waals surface area contributed by atoms with Crippen LogP contribution in [0.15, 0.2) is 6.20 Å². The summed E-state index contributed by atoms with van der Waals surface area (Å²) in [7, 11) is 0. The van der Waals surface area contributed by atoms with E-state index in [4.69, 9.17) is 56.8 Å². The maximum Gasteiger partial charge on any atom is 0.407 e. The summed E-state index contributed by atoms with van der Waals surface area (Å²) >= 11 is 1.89. The van der Waals surface area contributed by atoms with E-state index in [1.807, 2.05) is 38.7 Å². The molecule has 404 valence electrons. The summed E-state index contributed by atoms with van der Waals surface area (Å²) in [5, 5.41) is 22.9. The third-order valence-electron chi connectivity index (χ3n) is 9.88. The molecule has 25 heteroatoms. The lowest BCUT2D eigenvalue weighted by Crippen LogP contribution is -2.36. The van der Waals surface area contributed by atoms with Crippen LogP contribution < -0.4 is 26.6 Å². The Hall–Kier alpha value is -3.47. The lowest BCUT2D eigenvalue weighted by atomic mass is 10.0. The number of hydrogen-bond donors (Lipinski definition) is 5. The van der Waals surface area contributed by atoms with E-state index >= 15 is 0 Å². The number of alkyl carbamates (subject to hydrolysis) is 1. The van der Waals surface area contributed by atoms with Crippen LogP contribution in [0.2, 0.25) is 0 Å². The molecule has 2 aliphatic rings. The molecule has 2 fully saturated rings. The zero-order valence-electron chi connectivity index (χ0n) is 41.7. The third-order valence-corrected chi connectivity index (χ3v) is 11.4. The number of fused-ring (bicyclic) bond motifs is 1. The van der Waals surface area contributed by atoms with E-state index in [1.165, 1.54) is 0 Å². The monoisotopic (exact) mass is 1020 g/mol. The van der Waals surface area contributed by atoms with Crippen LogP contribution in [-0.2, 0) is 79.6 Å². The van der Waals surface area contributed by atoms with Crippen LogP contribution in [0, 0.1) is 0 Å². The maximum absolute atomic E-state index is 12.2. The van der Waals surface area contributed by atoms with Gasteiger partial charge in [-0.05, 0) is 33.6 Å². The highest BCUT2D eigenvalue weighted by molar-refractivity contribution is 8.00. The Balaban J connectivity index is 0.934. The van der Waals surface area contributed by atoms with E-state index in [-0.39, 0.29) is 36.3 Å². The number of thioether (sulfide) groups is 1. The van der Waals surface area contributed by atoms with Crippen LogP contribution in [0.25, 0.3) is 0 Å². The minimum absolute atomic E-state index is 0.0262. The molecule has 3 heterocycles. The number of nitrogens with zero attached hydrogens (tertiary/aromatic N) is 3. The highest BCUT2D eigenvalue weighted by Crippen LogP contribution is 2.33. The number of rotatable bonds is 46. The Kier molecular flexibility index (Phi) is 34.8. The molecule has 0 aliphatic carbocycles. The average molecular weight is 1020 g/mol. The van der Waals surface area contributed by atoms with Gasteiger partial charge in [0, 0.05) is 43.5 Å². The zero-order chi connectivity index (χ0) is 50.2. The molecule has 2 saturated heterocycles. The van der Waals surface area contributed by atoms with Gasteiger partial charge in [0.2, 0.25) is 11.8 Å². The SMILES string of the molecule is CC(C)(C)OC(=O)NCCOCCOCCOCCOCCOCCNC(=O)CCOCCOCCOCCOCCOCc1cn(CCOCCNC(=O)CCCC[C@@H]2SC[C@@H]3NC(=O)N[C@@H]32)nn1. The van der Waals surface area contributed by atoms with Crippen molar-refractivity contribution in [3.63, 3.8) is 0 Å². The van der Waals surface area contributed by atoms with Gasteiger partial charge in [-0.1, -0.05) is 11.6 Å². The standard InChI is InChI=1S/C45H82N8O16S/c1-45(2,3)69-44(57)48-11-16-61-20-23-64-26-29-65-28-25-63-22-19-60-15-10-47-41(55)8-13-58-18-21-62-24-27-66-30-31-67-32-33-68-35-37-34-53(52-51-37)12-17-59-14-9-46-40(54)7-5-4-6-39-42-38(36-70-39)49-43(56)50-42/h34,38-39,42H,4-33,35-36H2,1-3H3,(H,46,54)(H,47,55)(H,48,57)(H2,49,50,56)/t38-,39-,42-/m0/s1. The summed E-state index contributed by atoms with van der Waals surface area (Å²) in [6.45, 7) is 16.2. The van der Waals surface area contributed by atoms with E-state index in [0.29, 0.717) is 189 Å². The van der Waals surface area contributed by atoms with Gasteiger partial charge in [-0.15, -0.1) is 5.10 Å². The smallest absolute Gasteiger partial charge is 0.407 e. The van der Waals surface area contributed by atoms with E-state index in [1.54, 1.807) is 4.68 Å². The Labute approximate surface area is 417 Å². The number of unbranched alkanes of at least 4 members (excludes halogenated alkanes) is 1. The van der Waals surface area contributed by atoms with Crippen LogP contribution in [-0.4, -0.2) is 226 Å². The highest BCUT2D eigenvalue weighted by atomic mass is 32.2. The number of aromatic nitrogens is 3. The molecule has 3 rings (SSSR count). The molecule has 0 aromatic carbocycles. The number of amides is 5. The summed E-state index contributed by atoms with van der Waals surface area (Å²) < 4.78 is 67.4. The van der Waals surface area contributed by atoms with Gasteiger partial charge in [0.05, 0.1) is 170 Å². The molecular formula is C45H82N8O16S. The second-order valence-electron chi connectivity index (χ2n) is 16.9. The minimum Gasteiger partial charge on any atom is -0.444 e. The van der Waals surface area contributed by atoms with Crippen LogP contribution >= 0.6 is 11.8 Å². The number of carbonyl (C=O) groups excluding carboxylic acids is 4. The van der Waals surface area contributed by atoms with Crippen molar-refractivity contribution in [2.24, 2.45) is 0 Å². The van der Waals surface area contributed by atoms with Crippen molar-refractivity contribution >= 4 is 35.7 Å². The summed E-state index contributed by atoms with van der Waals surface area (Å²) in [6, 6.07) is 0.368. The Morgan fingerprint density at radius 1 is 0.614 bits per heavy atom. The number of carbonyl (C=O) groups is 4. The van der Waals surface area contributed by atoms with E-state index < -0.39 is 11.7 Å². The number of hydrogen-bond acceptors (Lipinski definition) is 19. The summed E-state index contributed by atoms with van der Waals surface area (Å²) in [6.07, 6.45) is 4.87. The summed E-state index contributed by atoms with van der Waals surface area (Å²) in [5.41, 5.74) is 0.183. The fraction of sp³-hybridized carbons (Fsp3) is 0.867. The Morgan fingerprint density at radius 2 is 1.09 bits per heavy atom. The molecule has 0 bridgehead atoms. The predicted molar refractivity (Wildman–Crippen MR) is 257 cm³/mol. The number of nitrogens with one attached hydrogen (secondary N) is 5. The lowest BCUT2D eigenvalue weighted by molar-refractivity contribution is -0.123. The maximum atomic E-state index is 12.2. The van der Waals surface area contributed by atoms with E-state index in [9.17, 15) is 19.2 Å². The molecule has 5 amide bonds. The first-order chi connectivity index (χ1) is 34.1. The number of urea groups is 1. The second kappa shape index (κ2) is 40.1. The van der Waals surface area contributed by atoms with Crippen molar-refractivity contribution in [1.29, 1.82) is 0 Å². The number of ether oxygens (including phenoxy) is 12. The predicted octanol–water partition coefficient (Wildman–Crippen LogP) is 0.834. The fourth-order valence-corrected chi connectivity index (χ4v) is 8.04. The van der Waals surface area contributed by atoms with E-state index in [0.717, 1.165) is 25.0 Å². The first kappa shape index (κ1) is 60.8. The normalized spacial score (nSPS) is 16.5. The van der Waals surface area contributed by atoms with Gasteiger partial charge in [0.15, 0.2) is 0 Å². The van der Waals surface area contributed by atoms with Crippen molar-refractivity contribution in [2.45, 2.75) is 89.0 Å². The molecule has 0 spiro atoms. The summed E-state index contributed by atoms with van der Waals surface area (Å²) in [4.78, 5) is 47.2. The molecule has 5 N–H and O–H groups in total. The quantitative estimate of drug-likeness (QED) is 0.0447. The van der Waals surface area contributed by atoms with Gasteiger partial charge in [0.25, 0.3) is 0 Å². The van der Waals surface area contributed by atoms with Crippen molar-refractivity contribution in [1.82, 2.24) is 41.6 Å². The molecular weight excluding hydrogens is 941 g/mol. The zero-order valence-corrected chi connectivity index (χ0v) is 42.5. The van der Waals surface area contributed by atoms with Gasteiger partial charge in [-0.3, -0.25) is 9.59 Å². The average Bonchev–Trinajstić information content (AvgIpc) is 4.05. The molecule has 1 aromatic rings. The van der Waals surface area contributed by atoms with Crippen LogP contribution in [0.1, 0.15) is 58.6 Å². The van der Waals surface area contributed by atoms with Gasteiger partial charge < -0.3 is 83.4 Å². The van der Waals surface area contributed by atoms with E-state index in [2.05, 4.69) is 36.9 Å². The van der Waals surface area contributed by atoms with Gasteiger partial charge in [0.1, 0.15) is 11.3 Å². The minimum atomic E-state index is -0.528. The van der Waals surface area contributed by atoms with Gasteiger partial charge >= 0.3 is 12.1 Å². The fourth-order valence-electron chi connectivity index (χ4n) is 6.49. The van der Waals surface area contributed by atoms with Crippen molar-refractivity contribution in [3.05, 3.63) is 11.9 Å². The van der Waals surface area contributed by atoms with Crippen molar-refractivity contribution in [3.8, 4) is 0 Å². The van der Waals surface area contributed by atoms with Gasteiger partial charge in [-0.2, -0.15) is 11.8 Å². The molecule has 70 heavy (non-hydrogen) atoms. The first-order valence-corrected chi connectivity index (χ1v) is 25.6. The second-order valence-corrected chi connectivity index (χ2v) is 18.2. The summed E-state index contributed by atoms with van der Waals surface area (Å²) in [5.74, 6) is 0.863. The molecule has 1 aromatic heterocycles. The molecule has 24 nitrogen and oxygen atoms in total. The van der Waals surface area contributed by atoms with Crippen molar-refractivity contribution in [2.75, 3.05) is 164 Å².